The third-order valence-electron chi connectivity index (χ3n) is 6.93. The molecule has 0 aliphatic carbocycles. The molecule has 194 valence electrons. The number of rotatable bonds is 5. The third kappa shape index (κ3) is 5.06. The second kappa shape index (κ2) is 9.05. The van der Waals surface area contributed by atoms with Crippen LogP contribution in [0.15, 0.2) is 23.1 Å². The normalized spacial score (nSPS) is 19.1. The first kappa shape index (κ1) is 25.9. The SMILES string of the molecule is CC(C)(C)c1nc2cc(S(=O)(=O)N3CC(N(C(=O)O)C(C)(C)C)C3)ccc2n1CC1CCOCC1. The van der Waals surface area contributed by atoms with Crippen molar-refractivity contribution in [3.63, 3.8) is 0 Å². The molecule has 1 aromatic heterocycles. The van der Waals surface area contributed by atoms with Crippen molar-refractivity contribution in [1.29, 1.82) is 0 Å². The number of hydrogen-bond donors (Lipinski definition) is 1. The van der Waals surface area contributed by atoms with Gasteiger partial charge in [0, 0.05) is 43.8 Å². The zero-order valence-electron chi connectivity index (χ0n) is 21.6. The molecule has 35 heavy (non-hydrogen) atoms. The van der Waals surface area contributed by atoms with Crippen molar-refractivity contribution in [3.05, 3.63) is 24.0 Å². The van der Waals surface area contributed by atoms with Gasteiger partial charge in [-0.1, -0.05) is 20.8 Å². The van der Waals surface area contributed by atoms with E-state index < -0.39 is 21.7 Å². The van der Waals surface area contributed by atoms with Gasteiger partial charge in [0.25, 0.3) is 0 Å². The maximum absolute atomic E-state index is 13.4. The summed E-state index contributed by atoms with van der Waals surface area (Å²) in [4.78, 5) is 18.2. The Labute approximate surface area is 208 Å². The Kier molecular flexibility index (Phi) is 6.70. The average Bonchev–Trinajstić information content (AvgIpc) is 3.08. The van der Waals surface area contributed by atoms with Crippen LogP contribution in [0.1, 0.15) is 60.2 Å². The molecule has 3 heterocycles. The molecular formula is C25H38N4O5S. The summed E-state index contributed by atoms with van der Waals surface area (Å²) in [6, 6.07) is 4.81. The molecule has 1 N–H and O–H groups in total. The molecule has 2 saturated heterocycles. The summed E-state index contributed by atoms with van der Waals surface area (Å²) in [5, 5.41) is 9.62. The van der Waals surface area contributed by atoms with Gasteiger partial charge in [0.05, 0.1) is 22.0 Å². The fraction of sp³-hybridized carbons (Fsp3) is 0.680. The monoisotopic (exact) mass is 506 g/mol. The van der Waals surface area contributed by atoms with E-state index in [0.717, 1.165) is 43.9 Å². The van der Waals surface area contributed by atoms with Crippen LogP contribution in [0.4, 0.5) is 4.79 Å². The zero-order valence-corrected chi connectivity index (χ0v) is 22.4. The molecule has 0 bridgehead atoms. The molecular weight excluding hydrogens is 468 g/mol. The number of carboxylic acid groups (broad SMARTS) is 1. The smallest absolute Gasteiger partial charge is 0.408 e. The minimum atomic E-state index is -3.75. The molecule has 1 aromatic carbocycles. The average molecular weight is 507 g/mol. The Morgan fingerprint density at radius 2 is 1.77 bits per heavy atom. The molecule has 0 saturated carbocycles. The van der Waals surface area contributed by atoms with Gasteiger partial charge >= 0.3 is 6.09 Å². The molecule has 2 aliphatic rings. The van der Waals surface area contributed by atoms with Crippen LogP contribution in [-0.4, -0.2) is 76.3 Å². The highest BCUT2D eigenvalue weighted by atomic mass is 32.2. The Bertz CT molecular complexity index is 1200. The summed E-state index contributed by atoms with van der Waals surface area (Å²) in [5.74, 6) is 1.45. The minimum Gasteiger partial charge on any atom is -0.465 e. The highest BCUT2D eigenvalue weighted by Gasteiger charge is 2.45. The van der Waals surface area contributed by atoms with Gasteiger partial charge in [0.1, 0.15) is 5.82 Å². The molecule has 0 unspecified atom stereocenters. The first-order valence-corrected chi connectivity index (χ1v) is 13.7. The topological polar surface area (TPSA) is 105 Å². The molecule has 0 atom stereocenters. The number of nitrogens with zero attached hydrogens (tertiary/aromatic N) is 4. The lowest BCUT2D eigenvalue weighted by atomic mass is 9.94. The lowest BCUT2D eigenvalue weighted by molar-refractivity contribution is 0.0253. The number of fused-ring (bicyclic) bond motifs is 1. The van der Waals surface area contributed by atoms with Crippen molar-refractivity contribution < 1.29 is 23.1 Å². The number of sulfonamides is 1. The van der Waals surface area contributed by atoms with Crippen molar-refractivity contribution in [2.24, 2.45) is 5.92 Å². The Balaban J connectivity index is 1.61. The second-order valence-electron chi connectivity index (χ2n) is 11.8. The summed E-state index contributed by atoms with van der Waals surface area (Å²) in [6.45, 7) is 14.5. The van der Waals surface area contributed by atoms with Gasteiger partial charge in [-0.15, -0.1) is 0 Å². The summed E-state index contributed by atoms with van der Waals surface area (Å²) in [6.07, 6.45) is 0.979. The predicted molar refractivity (Wildman–Crippen MR) is 134 cm³/mol. The number of amides is 1. The molecule has 0 radical (unpaired) electrons. The summed E-state index contributed by atoms with van der Waals surface area (Å²) in [5.41, 5.74) is 0.807. The molecule has 1 amide bonds. The van der Waals surface area contributed by atoms with Crippen LogP contribution in [0.3, 0.4) is 0 Å². The summed E-state index contributed by atoms with van der Waals surface area (Å²) >= 11 is 0. The van der Waals surface area contributed by atoms with Crippen molar-refractivity contribution in [2.75, 3.05) is 26.3 Å². The Morgan fingerprint density at radius 3 is 2.31 bits per heavy atom. The standard InChI is InChI=1S/C25H38N4O5S/c1-24(2,3)22-26-20-13-19(7-8-21(20)28(22)14-17-9-11-34-12-10-17)35(32,33)27-15-18(16-27)29(23(30)31)25(4,5)6/h7-8,13,17-18H,9-12,14-16H2,1-6H3,(H,30,31). The minimum absolute atomic E-state index is 0.148. The van der Waals surface area contributed by atoms with Crippen molar-refractivity contribution in [3.8, 4) is 0 Å². The van der Waals surface area contributed by atoms with E-state index in [4.69, 9.17) is 9.72 Å². The maximum atomic E-state index is 13.4. The predicted octanol–water partition coefficient (Wildman–Crippen LogP) is 3.91. The second-order valence-corrected chi connectivity index (χ2v) is 13.7. The molecule has 9 nitrogen and oxygen atoms in total. The molecule has 2 aliphatic heterocycles. The largest absolute Gasteiger partial charge is 0.465 e. The van der Waals surface area contributed by atoms with Crippen molar-refractivity contribution >= 4 is 27.1 Å². The van der Waals surface area contributed by atoms with Crippen molar-refractivity contribution in [1.82, 2.24) is 18.8 Å². The van der Waals surface area contributed by atoms with Gasteiger partial charge < -0.3 is 14.4 Å². The number of ether oxygens (including phenoxy) is 1. The lowest BCUT2D eigenvalue weighted by Crippen LogP contribution is -2.65. The van der Waals surface area contributed by atoms with Crippen LogP contribution >= 0.6 is 0 Å². The lowest BCUT2D eigenvalue weighted by Gasteiger charge is -2.48. The van der Waals surface area contributed by atoms with Crippen LogP contribution in [0.5, 0.6) is 0 Å². The van der Waals surface area contributed by atoms with E-state index in [-0.39, 0.29) is 29.4 Å². The van der Waals surface area contributed by atoms with Gasteiger partial charge in [0.2, 0.25) is 10.0 Å². The third-order valence-corrected chi connectivity index (χ3v) is 8.76. The van der Waals surface area contributed by atoms with Crippen LogP contribution in [0.2, 0.25) is 0 Å². The van der Waals surface area contributed by atoms with E-state index in [1.54, 1.807) is 12.1 Å². The van der Waals surface area contributed by atoms with E-state index in [9.17, 15) is 18.3 Å². The van der Waals surface area contributed by atoms with Crippen LogP contribution in [-0.2, 0) is 26.7 Å². The Hall–Kier alpha value is -2.17. The molecule has 4 rings (SSSR count). The van der Waals surface area contributed by atoms with Crippen LogP contribution in [0, 0.1) is 5.92 Å². The number of carbonyl (C=O) groups is 1. The van der Waals surface area contributed by atoms with Gasteiger partial charge in [-0.05, 0) is 57.7 Å². The fourth-order valence-electron chi connectivity index (χ4n) is 5.13. The highest BCUT2D eigenvalue weighted by molar-refractivity contribution is 7.89. The number of hydrogen-bond acceptors (Lipinski definition) is 5. The first-order valence-electron chi connectivity index (χ1n) is 12.3. The van der Waals surface area contributed by atoms with Crippen LogP contribution < -0.4 is 0 Å². The number of imidazole rings is 1. The van der Waals surface area contributed by atoms with Gasteiger partial charge in [-0.3, -0.25) is 4.90 Å². The van der Waals surface area contributed by atoms with E-state index in [0.29, 0.717) is 11.4 Å². The Morgan fingerprint density at radius 1 is 1.14 bits per heavy atom. The van der Waals surface area contributed by atoms with Gasteiger partial charge in [-0.25, -0.2) is 18.2 Å². The van der Waals surface area contributed by atoms with E-state index in [2.05, 4.69) is 25.3 Å². The van der Waals surface area contributed by atoms with E-state index in [1.165, 1.54) is 9.21 Å². The van der Waals surface area contributed by atoms with Crippen LogP contribution in [0.25, 0.3) is 11.0 Å². The zero-order chi connectivity index (χ0) is 25.8. The molecule has 2 aromatic rings. The van der Waals surface area contributed by atoms with Gasteiger partial charge in [-0.2, -0.15) is 4.31 Å². The number of benzene rings is 1. The van der Waals surface area contributed by atoms with E-state index >= 15 is 0 Å². The maximum Gasteiger partial charge on any atom is 0.408 e. The highest BCUT2D eigenvalue weighted by Crippen LogP contribution is 2.33. The summed E-state index contributed by atoms with van der Waals surface area (Å²) < 4.78 is 35.8. The van der Waals surface area contributed by atoms with Gasteiger partial charge in [0.15, 0.2) is 0 Å². The number of aromatic nitrogens is 2. The quantitative estimate of drug-likeness (QED) is 0.659. The van der Waals surface area contributed by atoms with Crippen molar-refractivity contribution in [2.45, 2.75) is 82.8 Å². The molecule has 10 heteroatoms. The first-order chi connectivity index (χ1) is 16.2. The fourth-order valence-corrected chi connectivity index (χ4v) is 6.67. The summed E-state index contributed by atoms with van der Waals surface area (Å²) in [7, 11) is -3.75. The molecule has 2 fully saturated rings. The van der Waals surface area contributed by atoms with E-state index in [1.807, 2.05) is 26.8 Å². The molecule has 0 spiro atoms.